The number of carboxylic acid groups (broad SMARTS) is 1. The van der Waals surface area contributed by atoms with Crippen molar-refractivity contribution < 1.29 is 57.3 Å². The number of hydrogen-bond donors (Lipinski definition) is 1. The molecule has 4 aromatic carbocycles. The van der Waals surface area contributed by atoms with Crippen LogP contribution in [-0.2, 0) is 34.0 Å². The molecular formula is C42H51NO12. The van der Waals surface area contributed by atoms with Gasteiger partial charge in [0, 0.05) is 12.3 Å². The van der Waals surface area contributed by atoms with Crippen molar-refractivity contribution in [3.63, 3.8) is 0 Å². The Hall–Kier alpha value is -5.37. The van der Waals surface area contributed by atoms with Gasteiger partial charge in [-0.15, -0.1) is 0 Å². The molecule has 55 heavy (non-hydrogen) atoms. The molecule has 1 aliphatic heterocycles. The van der Waals surface area contributed by atoms with Crippen molar-refractivity contribution in [3.8, 4) is 40.2 Å². The van der Waals surface area contributed by atoms with E-state index < -0.39 is 18.3 Å². The fourth-order valence-corrected chi connectivity index (χ4v) is 6.62. The van der Waals surface area contributed by atoms with Crippen molar-refractivity contribution in [2.24, 2.45) is 0 Å². The van der Waals surface area contributed by atoms with Gasteiger partial charge in [-0.2, -0.15) is 0 Å². The lowest BCUT2D eigenvalue weighted by Gasteiger charge is -2.42. The Bertz CT molecular complexity index is 1670. The van der Waals surface area contributed by atoms with Crippen molar-refractivity contribution in [3.05, 3.63) is 101 Å². The number of hydrogen-bond acceptors (Lipinski definition) is 11. The maximum Gasteiger partial charge on any atom is 0.407 e. The van der Waals surface area contributed by atoms with E-state index in [1.807, 2.05) is 78.9 Å². The molecule has 13 heteroatoms. The number of ether oxygens (including phenoxy) is 10. The maximum absolute atomic E-state index is 12.5. The average Bonchev–Trinajstić information content (AvgIpc) is 3.22. The molecule has 5 rings (SSSR count). The first-order valence-corrected chi connectivity index (χ1v) is 18.0. The predicted molar refractivity (Wildman–Crippen MR) is 204 cm³/mol. The Labute approximate surface area is 322 Å². The SMILES string of the molecule is COc1cc(CO[C@H]2CN(C(=O)O)C[C@@H](OCc3cc(OC)c(OC)c(OC)c3)C2c2ccc(OCCCOCc3ccccc3)cc2)cc(OC)c1OC. The molecule has 1 heterocycles. The summed E-state index contributed by atoms with van der Waals surface area (Å²) in [7, 11) is 9.28. The zero-order chi connectivity index (χ0) is 39.2. The van der Waals surface area contributed by atoms with Crippen LogP contribution in [0.3, 0.4) is 0 Å². The fourth-order valence-electron chi connectivity index (χ4n) is 6.62. The largest absolute Gasteiger partial charge is 0.494 e. The Morgan fingerprint density at radius 2 is 1.11 bits per heavy atom. The second kappa shape index (κ2) is 20.3. The minimum atomic E-state index is -1.07. The van der Waals surface area contributed by atoms with Crippen LogP contribution >= 0.6 is 0 Å². The molecule has 1 amide bonds. The Morgan fingerprint density at radius 3 is 1.55 bits per heavy atom. The molecular weight excluding hydrogens is 710 g/mol. The van der Waals surface area contributed by atoms with Crippen molar-refractivity contribution in [1.82, 2.24) is 4.90 Å². The number of benzene rings is 4. The van der Waals surface area contributed by atoms with Gasteiger partial charge in [0.15, 0.2) is 23.0 Å². The first kappa shape index (κ1) is 40.8. The first-order valence-electron chi connectivity index (χ1n) is 18.0. The van der Waals surface area contributed by atoms with Crippen LogP contribution in [0.2, 0.25) is 0 Å². The molecule has 296 valence electrons. The third kappa shape index (κ3) is 10.7. The molecule has 0 radical (unpaired) electrons. The van der Waals surface area contributed by atoms with Crippen molar-refractivity contribution in [1.29, 1.82) is 0 Å². The number of likely N-dealkylation sites (tertiary alicyclic amines) is 1. The normalized spacial score (nSPS) is 16.6. The van der Waals surface area contributed by atoms with Crippen LogP contribution in [-0.4, -0.2) is 97.3 Å². The number of rotatable bonds is 20. The minimum Gasteiger partial charge on any atom is -0.494 e. The van der Waals surface area contributed by atoms with Gasteiger partial charge < -0.3 is 57.4 Å². The quantitative estimate of drug-likeness (QED) is 0.0933. The van der Waals surface area contributed by atoms with E-state index in [0.717, 1.165) is 28.7 Å². The summed E-state index contributed by atoms with van der Waals surface area (Å²) in [6, 6.07) is 25.1. The third-order valence-electron chi connectivity index (χ3n) is 9.33. The number of methoxy groups -OCH3 is 6. The maximum atomic E-state index is 12.5. The monoisotopic (exact) mass is 761 g/mol. The Morgan fingerprint density at radius 1 is 0.618 bits per heavy atom. The number of nitrogens with zero attached hydrogens (tertiary/aromatic N) is 1. The molecule has 0 aliphatic carbocycles. The molecule has 0 spiro atoms. The average molecular weight is 762 g/mol. The van der Waals surface area contributed by atoms with Gasteiger partial charge in [0.05, 0.1) is 101 Å². The third-order valence-corrected chi connectivity index (χ3v) is 9.33. The predicted octanol–water partition coefficient (Wildman–Crippen LogP) is 6.97. The summed E-state index contributed by atoms with van der Waals surface area (Å²) in [6.07, 6.45) is -1.53. The second-order valence-corrected chi connectivity index (χ2v) is 12.8. The minimum absolute atomic E-state index is 0.121. The molecule has 0 saturated carbocycles. The zero-order valence-electron chi connectivity index (χ0n) is 32.3. The van der Waals surface area contributed by atoms with Gasteiger partial charge in [-0.25, -0.2) is 4.79 Å². The topological polar surface area (TPSA) is 133 Å². The van der Waals surface area contributed by atoms with E-state index in [0.29, 0.717) is 60.1 Å². The zero-order valence-corrected chi connectivity index (χ0v) is 32.3. The molecule has 1 fully saturated rings. The van der Waals surface area contributed by atoms with E-state index in [1.54, 1.807) is 42.7 Å². The lowest BCUT2D eigenvalue weighted by atomic mass is 9.84. The van der Waals surface area contributed by atoms with E-state index in [9.17, 15) is 9.90 Å². The highest BCUT2D eigenvalue weighted by atomic mass is 16.5. The lowest BCUT2D eigenvalue weighted by molar-refractivity contribution is -0.0937. The summed E-state index contributed by atoms with van der Waals surface area (Å²) in [5.41, 5.74) is 3.55. The summed E-state index contributed by atoms with van der Waals surface area (Å²) in [4.78, 5) is 13.8. The standard InChI is InChI=1S/C42H51NO12/c1-46-33-19-29(20-34(47-2)40(33)50-5)26-54-37-23-43(42(44)45)24-38(55-27-30-21-35(48-3)41(51-6)36(22-30)49-4)39(37)31-13-15-32(16-14-31)53-18-10-17-52-25-28-11-8-7-9-12-28/h7-9,11-16,19-22,37-39H,10,17-18,23-27H2,1-6H3,(H,44,45)/t37-,38+,39?. The molecule has 4 aromatic rings. The highest BCUT2D eigenvalue weighted by Crippen LogP contribution is 2.41. The number of piperidine rings is 1. The van der Waals surface area contributed by atoms with Crippen molar-refractivity contribution in [2.75, 3.05) is 69.0 Å². The van der Waals surface area contributed by atoms with Gasteiger partial charge in [0.2, 0.25) is 11.5 Å². The number of carbonyl (C=O) groups is 1. The highest BCUT2D eigenvalue weighted by molar-refractivity contribution is 5.65. The molecule has 13 nitrogen and oxygen atoms in total. The summed E-state index contributed by atoms with van der Waals surface area (Å²) in [5, 5.41) is 10.2. The molecule has 1 N–H and O–H groups in total. The van der Waals surface area contributed by atoms with Crippen LogP contribution < -0.4 is 33.2 Å². The summed E-state index contributed by atoms with van der Waals surface area (Å²) in [5.74, 6) is 3.21. The van der Waals surface area contributed by atoms with E-state index in [4.69, 9.17) is 47.4 Å². The van der Waals surface area contributed by atoms with Gasteiger partial charge in [0.1, 0.15) is 5.75 Å². The van der Waals surface area contributed by atoms with Gasteiger partial charge in [-0.1, -0.05) is 42.5 Å². The van der Waals surface area contributed by atoms with Gasteiger partial charge in [0.25, 0.3) is 0 Å². The fraction of sp³-hybridized carbons (Fsp3) is 0.405. The molecule has 0 aromatic heterocycles. The van der Waals surface area contributed by atoms with E-state index in [-0.39, 0.29) is 32.2 Å². The van der Waals surface area contributed by atoms with Crippen LogP contribution in [0.1, 0.15) is 34.6 Å². The molecule has 3 atom stereocenters. The van der Waals surface area contributed by atoms with E-state index in [1.165, 1.54) is 4.90 Å². The number of amides is 1. The molecule has 0 bridgehead atoms. The second-order valence-electron chi connectivity index (χ2n) is 12.8. The van der Waals surface area contributed by atoms with Crippen LogP contribution in [0.15, 0.2) is 78.9 Å². The summed E-state index contributed by atoms with van der Waals surface area (Å²) >= 11 is 0. The molecule has 1 unspecified atom stereocenters. The smallest absolute Gasteiger partial charge is 0.407 e. The van der Waals surface area contributed by atoms with E-state index >= 15 is 0 Å². The van der Waals surface area contributed by atoms with Gasteiger partial charge in [-0.3, -0.25) is 0 Å². The summed E-state index contributed by atoms with van der Waals surface area (Å²) in [6.45, 7) is 2.14. The van der Waals surface area contributed by atoms with E-state index in [2.05, 4.69) is 0 Å². The Balaban J connectivity index is 1.36. The van der Waals surface area contributed by atoms with Crippen molar-refractivity contribution in [2.45, 2.75) is 44.4 Å². The van der Waals surface area contributed by atoms with Gasteiger partial charge in [-0.05, 0) is 58.7 Å². The van der Waals surface area contributed by atoms with Crippen LogP contribution in [0, 0.1) is 0 Å². The first-order chi connectivity index (χ1) is 26.8. The molecule has 1 aliphatic rings. The van der Waals surface area contributed by atoms with Crippen LogP contribution in [0.5, 0.6) is 40.2 Å². The van der Waals surface area contributed by atoms with Crippen LogP contribution in [0.4, 0.5) is 4.79 Å². The Kier molecular flexibility index (Phi) is 15.1. The highest BCUT2D eigenvalue weighted by Gasteiger charge is 2.41. The van der Waals surface area contributed by atoms with Crippen molar-refractivity contribution >= 4 is 6.09 Å². The van der Waals surface area contributed by atoms with Crippen LogP contribution in [0.25, 0.3) is 0 Å². The molecule has 1 saturated heterocycles. The summed E-state index contributed by atoms with van der Waals surface area (Å²) < 4.78 is 58.2. The lowest BCUT2D eigenvalue weighted by Crippen LogP contribution is -2.54. The van der Waals surface area contributed by atoms with Gasteiger partial charge >= 0.3 is 6.09 Å².